The quantitative estimate of drug-likeness (QED) is 0.470. The average molecular weight is 418 g/mol. The number of para-hydroxylation sites is 1. The van der Waals surface area contributed by atoms with Gasteiger partial charge in [-0.15, -0.1) is 0 Å². The molecule has 5 rings (SSSR count). The number of halogens is 1. The number of pyridine rings is 1. The molecule has 0 bridgehead atoms. The van der Waals surface area contributed by atoms with Crippen molar-refractivity contribution in [3.8, 4) is 0 Å². The molecular weight excluding hydrogens is 399 g/mol. The van der Waals surface area contributed by atoms with E-state index < -0.39 is 0 Å². The van der Waals surface area contributed by atoms with Crippen LogP contribution >= 0.6 is 12.2 Å². The first-order valence-electron chi connectivity index (χ1n) is 9.65. The van der Waals surface area contributed by atoms with Gasteiger partial charge in [0.2, 0.25) is 0 Å². The van der Waals surface area contributed by atoms with E-state index in [0.29, 0.717) is 17.3 Å². The van der Waals surface area contributed by atoms with Gasteiger partial charge in [-0.2, -0.15) is 0 Å². The summed E-state index contributed by atoms with van der Waals surface area (Å²) in [6.07, 6.45) is 5.41. The number of aromatic nitrogens is 2. The number of furan rings is 1. The average Bonchev–Trinajstić information content (AvgIpc) is 3.50. The first kappa shape index (κ1) is 18.6. The second-order valence-electron chi connectivity index (χ2n) is 7.09. The lowest BCUT2D eigenvalue weighted by atomic mass is 10.0. The highest BCUT2D eigenvalue weighted by molar-refractivity contribution is 7.80. The largest absolute Gasteiger partial charge is 0.467 e. The first-order valence-corrected chi connectivity index (χ1v) is 10.1. The Hall–Kier alpha value is -3.45. The van der Waals surface area contributed by atoms with Crippen molar-refractivity contribution >= 4 is 23.0 Å². The molecule has 0 unspecified atom stereocenters. The van der Waals surface area contributed by atoms with Crippen LogP contribution in [0.2, 0.25) is 0 Å². The van der Waals surface area contributed by atoms with E-state index in [9.17, 15) is 4.39 Å². The fourth-order valence-electron chi connectivity index (χ4n) is 3.97. The molecule has 7 heteroatoms. The van der Waals surface area contributed by atoms with Gasteiger partial charge >= 0.3 is 0 Å². The zero-order valence-corrected chi connectivity index (χ0v) is 16.8. The number of hydrogen-bond donors (Lipinski definition) is 1. The fourth-order valence-corrected chi connectivity index (χ4v) is 4.31. The van der Waals surface area contributed by atoms with Crippen molar-refractivity contribution in [2.75, 3.05) is 4.90 Å². The van der Waals surface area contributed by atoms with E-state index in [1.807, 2.05) is 59.6 Å². The zero-order chi connectivity index (χ0) is 20.5. The molecule has 3 aromatic heterocycles. The van der Waals surface area contributed by atoms with E-state index in [4.69, 9.17) is 16.6 Å². The minimum Gasteiger partial charge on any atom is -0.467 e. The highest BCUT2D eigenvalue weighted by Gasteiger charge is 2.42. The van der Waals surface area contributed by atoms with Gasteiger partial charge in [0.05, 0.1) is 30.2 Å². The number of nitrogens with zero attached hydrogens (tertiary/aromatic N) is 3. The molecule has 4 aromatic rings. The summed E-state index contributed by atoms with van der Waals surface area (Å²) in [7, 11) is 0. The highest BCUT2D eigenvalue weighted by Crippen LogP contribution is 2.42. The smallest absolute Gasteiger partial charge is 0.174 e. The second-order valence-corrected chi connectivity index (χ2v) is 7.48. The van der Waals surface area contributed by atoms with Crippen molar-refractivity contribution in [3.05, 3.63) is 108 Å². The van der Waals surface area contributed by atoms with E-state index in [1.54, 1.807) is 24.6 Å². The maximum absolute atomic E-state index is 14.8. The Kier molecular flexibility index (Phi) is 4.80. The number of benzene rings is 1. The van der Waals surface area contributed by atoms with Crippen LogP contribution < -0.4 is 10.2 Å². The highest BCUT2D eigenvalue weighted by atomic mass is 32.1. The summed E-state index contributed by atoms with van der Waals surface area (Å²) in [5.41, 5.74) is 2.26. The van der Waals surface area contributed by atoms with Crippen LogP contribution in [0.4, 0.5) is 10.1 Å². The summed E-state index contributed by atoms with van der Waals surface area (Å²) in [6, 6.07) is 19.8. The van der Waals surface area contributed by atoms with Gasteiger partial charge in [-0.3, -0.25) is 4.98 Å². The standard InChI is InChI=1S/C23H19FN4OS/c24-17-8-1-2-10-19(17)28-22(21(26-23(28)30)18-9-3-4-12-25-18)20-11-5-13-27(20)15-16-7-6-14-29-16/h1-14,21-22H,15H2,(H,26,30)/t21-,22-/m0/s1. The lowest BCUT2D eigenvalue weighted by Crippen LogP contribution is -2.31. The maximum Gasteiger partial charge on any atom is 0.174 e. The van der Waals surface area contributed by atoms with Crippen LogP contribution in [-0.2, 0) is 6.54 Å². The van der Waals surface area contributed by atoms with Crippen molar-refractivity contribution in [1.29, 1.82) is 0 Å². The van der Waals surface area contributed by atoms with E-state index in [-0.39, 0.29) is 17.9 Å². The summed E-state index contributed by atoms with van der Waals surface area (Å²) < 4.78 is 22.4. The van der Waals surface area contributed by atoms with Crippen molar-refractivity contribution in [2.24, 2.45) is 0 Å². The van der Waals surface area contributed by atoms with E-state index in [2.05, 4.69) is 14.9 Å². The maximum atomic E-state index is 14.8. The van der Waals surface area contributed by atoms with Crippen LogP contribution in [0, 0.1) is 5.82 Å². The van der Waals surface area contributed by atoms with Crippen LogP contribution in [0.25, 0.3) is 0 Å². The summed E-state index contributed by atoms with van der Waals surface area (Å²) in [5.74, 6) is 0.519. The topological polar surface area (TPSA) is 46.2 Å². The third-order valence-electron chi connectivity index (χ3n) is 5.28. The third-order valence-corrected chi connectivity index (χ3v) is 5.60. The molecular formula is C23H19FN4OS. The summed E-state index contributed by atoms with van der Waals surface area (Å²) >= 11 is 5.66. The molecule has 2 atom stereocenters. The zero-order valence-electron chi connectivity index (χ0n) is 16.0. The Bertz CT molecular complexity index is 1160. The molecule has 1 N–H and O–H groups in total. The normalized spacial score (nSPS) is 18.6. The van der Waals surface area contributed by atoms with E-state index >= 15 is 0 Å². The van der Waals surface area contributed by atoms with Gasteiger partial charge in [-0.05, 0) is 60.7 Å². The van der Waals surface area contributed by atoms with Gasteiger partial charge in [-0.1, -0.05) is 18.2 Å². The number of thiocarbonyl (C=S) groups is 1. The molecule has 1 aliphatic rings. The molecule has 4 heterocycles. The first-order chi connectivity index (χ1) is 14.7. The molecule has 150 valence electrons. The molecule has 0 spiro atoms. The van der Waals surface area contributed by atoms with Gasteiger partial charge in [0, 0.05) is 18.1 Å². The van der Waals surface area contributed by atoms with Crippen molar-refractivity contribution in [1.82, 2.24) is 14.9 Å². The van der Waals surface area contributed by atoms with Crippen molar-refractivity contribution in [2.45, 2.75) is 18.6 Å². The molecule has 0 radical (unpaired) electrons. The van der Waals surface area contributed by atoms with E-state index in [1.165, 1.54) is 6.07 Å². The Labute approximate surface area is 178 Å². The van der Waals surface area contributed by atoms with Gasteiger partial charge in [-0.25, -0.2) is 4.39 Å². The Balaban J connectivity index is 1.63. The van der Waals surface area contributed by atoms with Crippen LogP contribution in [0.15, 0.2) is 89.8 Å². The molecule has 1 fully saturated rings. The predicted octanol–water partition coefficient (Wildman–Crippen LogP) is 4.84. The van der Waals surface area contributed by atoms with Gasteiger partial charge in [0.15, 0.2) is 5.11 Å². The van der Waals surface area contributed by atoms with Gasteiger partial charge in [0.1, 0.15) is 17.6 Å². The van der Waals surface area contributed by atoms with Crippen LogP contribution in [0.5, 0.6) is 0 Å². The second kappa shape index (κ2) is 7.76. The van der Waals surface area contributed by atoms with Crippen molar-refractivity contribution < 1.29 is 8.81 Å². The Morgan fingerprint density at radius 2 is 1.90 bits per heavy atom. The molecule has 30 heavy (non-hydrogen) atoms. The minimum absolute atomic E-state index is 0.233. The lowest BCUT2D eigenvalue weighted by molar-refractivity contribution is 0.474. The summed E-state index contributed by atoms with van der Waals surface area (Å²) in [4.78, 5) is 6.39. The predicted molar refractivity (Wildman–Crippen MR) is 117 cm³/mol. The van der Waals surface area contributed by atoms with Gasteiger partial charge in [0.25, 0.3) is 0 Å². The fraction of sp³-hybridized carbons (Fsp3) is 0.130. The number of anilines is 1. The van der Waals surface area contributed by atoms with Crippen molar-refractivity contribution in [3.63, 3.8) is 0 Å². The molecule has 0 aliphatic carbocycles. The monoisotopic (exact) mass is 418 g/mol. The minimum atomic E-state index is -0.322. The lowest BCUT2D eigenvalue weighted by Gasteiger charge is -2.29. The number of rotatable bonds is 5. The molecule has 1 aromatic carbocycles. The van der Waals surface area contributed by atoms with E-state index in [0.717, 1.165) is 17.1 Å². The summed E-state index contributed by atoms with van der Waals surface area (Å²) in [5, 5.41) is 3.83. The molecule has 0 saturated carbocycles. The molecule has 1 aliphatic heterocycles. The van der Waals surface area contributed by atoms with Crippen LogP contribution in [-0.4, -0.2) is 14.7 Å². The number of nitrogens with one attached hydrogen (secondary N) is 1. The van der Waals surface area contributed by atoms with Crippen LogP contribution in [0.3, 0.4) is 0 Å². The Morgan fingerprint density at radius 3 is 2.67 bits per heavy atom. The molecule has 5 nitrogen and oxygen atoms in total. The van der Waals surface area contributed by atoms with Crippen LogP contribution in [0.1, 0.15) is 29.2 Å². The third kappa shape index (κ3) is 3.27. The summed E-state index contributed by atoms with van der Waals surface area (Å²) in [6.45, 7) is 0.568. The number of hydrogen-bond acceptors (Lipinski definition) is 3. The molecule has 1 saturated heterocycles. The SMILES string of the molecule is Fc1ccccc1N1C(=S)N[C@@H](c2ccccn2)[C@@H]1c1cccn1Cc1ccco1. The Morgan fingerprint density at radius 1 is 1.03 bits per heavy atom. The molecule has 0 amide bonds. The van der Waals surface area contributed by atoms with Gasteiger partial charge < -0.3 is 19.2 Å².